The van der Waals surface area contributed by atoms with Crippen molar-refractivity contribution < 1.29 is 4.79 Å². The van der Waals surface area contributed by atoms with E-state index in [-0.39, 0.29) is 5.69 Å². The summed E-state index contributed by atoms with van der Waals surface area (Å²) in [6, 6.07) is 6.33. The zero-order chi connectivity index (χ0) is 12.3. The largest absolute Gasteiger partial charge is 0.364 e. The molecule has 0 spiro atoms. The van der Waals surface area contributed by atoms with Gasteiger partial charge in [0, 0.05) is 38.8 Å². The van der Waals surface area contributed by atoms with Gasteiger partial charge in [-0.25, -0.2) is 4.98 Å². The lowest BCUT2D eigenvalue weighted by atomic mass is 10.2. The summed E-state index contributed by atoms with van der Waals surface area (Å²) in [5.74, 6) is -0.523. The van der Waals surface area contributed by atoms with Gasteiger partial charge in [0.25, 0.3) is 5.91 Å². The molecule has 1 aliphatic heterocycles. The lowest BCUT2D eigenvalue weighted by Gasteiger charge is -2.32. The Balaban J connectivity index is 1.98. The van der Waals surface area contributed by atoms with Crippen molar-refractivity contribution in [2.45, 2.75) is 6.54 Å². The highest BCUT2D eigenvalue weighted by Crippen LogP contribution is 2.06. The van der Waals surface area contributed by atoms with Crippen LogP contribution in [0.25, 0.3) is 0 Å². The molecule has 1 aromatic rings. The Morgan fingerprint density at radius 2 is 2.18 bits per heavy atom. The minimum atomic E-state index is -0.523. The zero-order valence-corrected chi connectivity index (χ0v) is 10.0. The van der Waals surface area contributed by atoms with E-state index in [1.54, 1.807) is 6.07 Å². The number of amides is 1. The molecule has 0 saturated carbocycles. The van der Waals surface area contributed by atoms with E-state index >= 15 is 0 Å². The summed E-state index contributed by atoms with van der Waals surface area (Å²) in [5, 5.41) is 0. The average molecular weight is 233 g/mol. The molecule has 1 fully saturated rings. The summed E-state index contributed by atoms with van der Waals surface area (Å²) in [4.78, 5) is 19.8. The number of likely N-dealkylation sites (N-methyl/N-ethyl adjacent to an activating group) is 1. The summed E-state index contributed by atoms with van der Waals surface area (Å²) in [6.07, 6.45) is 0. The van der Waals surface area contributed by atoms with Gasteiger partial charge in [-0.05, 0) is 13.1 Å². The maximum absolute atomic E-state index is 11.0. The average Bonchev–Trinajstić information content (AvgIpc) is 2.32. The van der Waals surface area contributed by atoms with E-state index in [1.165, 1.54) is 0 Å². The van der Waals surface area contributed by atoms with E-state index in [4.69, 9.17) is 5.73 Å². The van der Waals surface area contributed by atoms with E-state index < -0.39 is 5.91 Å². The lowest BCUT2D eigenvalue weighted by Crippen LogP contribution is -2.44. The SMILES string of the molecule is CN1CCN(Cc2cc[c]c(C(N)=O)n2)CC1. The molecule has 2 heterocycles. The van der Waals surface area contributed by atoms with Crippen molar-refractivity contribution in [2.75, 3.05) is 33.2 Å². The number of hydrogen-bond donors (Lipinski definition) is 1. The molecule has 1 radical (unpaired) electrons. The van der Waals surface area contributed by atoms with Crippen LogP contribution in [-0.2, 0) is 6.54 Å². The molecule has 2 rings (SSSR count). The van der Waals surface area contributed by atoms with Gasteiger partial charge in [-0.3, -0.25) is 9.69 Å². The third kappa shape index (κ3) is 3.25. The first-order chi connectivity index (χ1) is 8.15. The Bertz CT molecular complexity index is 399. The number of aromatic nitrogens is 1. The van der Waals surface area contributed by atoms with E-state index in [9.17, 15) is 4.79 Å². The Morgan fingerprint density at radius 3 is 2.82 bits per heavy atom. The fraction of sp³-hybridized carbons (Fsp3) is 0.500. The first kappa shape index (κ1) is 12.0. The van der Waals surface area contributed by atoms with Crippen molar-refractivity contribution in [1.29, 1.82) is 0 Å². The van der Waals surface area contributed by atoms with Gasteiger partial charge in [0.1, 0.15) is 5.69 Å². The van der Waals surface area contributed by atoms with Crippen molar-refractivity contribution in [3.05, 3.63) is 29.6 Å². The molecule has 1 amide bonds. The highest BCUT2D eigenvalue weighted by atomic mass is 16.1. The molecule has 1 saturated heterocycles. The molecular weight excluding hydrogens is 216 g/mol. The monoisotopic (exact) mass is 233 g/mol. The number of nitrogens with two attached hydrogens (primary N) is 1. The van der Waals surface area contributed by atoms with E-state index in [2.05, 4.69) is 27.9 Å². The molecule has 2 N–H and O–H groups in total. The summed E-state index contributed by atoms with van der Waals surface area (Å²) in [6.45, 7) is 4.97. The van der Waals surface area contributed by atoms with Crippen LogP contribution in [0.15, 0.2) is 12.1 Å². The van der Waals surface area contributed by atoms with Gasteiger partial charge < -0.3 is 10.6 Å². The second kappa shape index (κ2) is 5.25. The highest BCUT2D eigenvalue weighted by Gasteiger charge is 2.14. The number of hydrogen-bond acceptors (Lipinski definition) is 4. The predicted molar refractivity (Wildman–Crippen MR) is 64.4 cm³/mol. The molecule has 1 aromatic heterocycles. The van der Waals surface area contributed by atoms with Crippen LogP contribution in [0.2, 0.25) is 0 Å². The number of nitrogens with zero attached hydrogens (tertiary/aromatic N) is 3. The predicted octanol–water partition coefficient (Wildman–Crippen LogP) is -0.272. The van der Waals surface area contributed by atoms with Gasteiger partial charge in [-0.2, -0.15) is 0 Å². The van der Waals surface area contributed by atoms with Crippen molar-refractivity contribution >= 4 is 5.91 Å². The van der Waals surface area contributed by atoms with Gasteiger partial charge in [-0.1, -0.05) is 6.07 Å². The van der Waals surface area contributed by atoms with Crippen LogP contribution in [0.3, 0.4) is 0 Å². The normalized spacial score (nSPS) is 18.2. The van der Waals surface area contributed by atoms with Crippen molar-refractivity contribution in [3.8, 4) is 0 Å². The first-order valence-electron chi connectivity index (χ1n) is 5.73. The van der Waals surface area contributed by atoms with Crippen molar-refractivity contribution in [2.24, 2.45) is 5.73 Å². The molecule has 5 heteroatoms. The Morgan fingerprint density at radius 1 is 1.47 bits per heavy atom. The van der Waals surface area contributed by atoms with Crippen molar-refractivity contribution in [1.82, 2.24) is 14.8 Å². The molecule has 0 bridgehead atoms. The number of piperazine rings is 1. The molecule has 91 valence electrons. The van der Waals surface area contributed by atoms with Crippen LogP contribution < -0.4 is 5.73 Å². The quantitative estimate of drug-likeness (QED) is 0.780. The number of pyridine rings is 1. The number of rotatable bonds is 3. The minimum absolute atomic E-state index is 0.219. The van der Waals surface area contributed by atoms with Crippen LogP contribution in [0.5, 0.6) is 0 Å². The van der Waals surface area contributed by atoms with Gasteiger partial charge in [-0.15, -0.1) is 0 Å². The maximum atomic E-state index is 11.0. The molecule has 1 aliphatic rings. The lowest BCUT2D eigenvalue weighted by molar-refractivity contribution is 0.0994. The van der Waals surface area contributed by atoms with Gasteiger partial charge in [0.2, 0.25) is 0 Å². The van der Waals surface area contributed by atoms with Crippen LogP contribution in [0.1, 0.15) is 16.2 Å². The molecule has 17 heavy (non-hydrogen) atoms. The van der Waals surface area contributed by atoms with E-state index in [0.29, 0.717) is 0 Å². The van der Waals surface area contributed by atoms with Crippen LogP contribution in [0, 0.1) is 6.07 Å². The topological polar surface area (TPSA) is 62.5 Å². The van der Waals surface area contributed by atoms with Crippen LogP contribution in [-0.4, -0.2) is 53.9 Å². The Kier molecular flexibility index (Phi) is 3.71. The second-order valence-corrected chi connectivity index (χ2v) is 4.37. The minimum Gasteiger partial charge on any atom is -0.364 e. The van der Waals surface area contributed by atoms with Crippen LogP contribution >= 0.6 is 0 Å². The summed E-state index contributed by atoms with van der Waals surface area (Å²) in [5.41, 5.74) is 6.28. The third-order valence-electron chi connectivity index (χ3n) is 2.97. The molecule has 0 aliphatic carbocycles. The fourth-order valence-electron chi connectivity index (χ4n) is 1.88. The summed E-state index contributed by atoms with van der Waals surface area (Å²) in [7, 11) is 2.12. The third-order valence-corrected chi connectivity index (χ3v) is 2.97. The van der Waals surface area contributed by atoms with Gasteiger partial charge in [0.05, 0.1) is 5.69 Å². The molecule has 5 nitrogen and oxygen atoms in total. The molecule has 0 aromatic carbocycles. The van der Waals surface area contributed by atoms with Gasteiger partial charge in [0.15, 0.2) is 0 Å². The second-order valence-electron chi connectivity index (χ2n) is 4.37. The highest BCUT2D eigenvalue weighted by molar-refractivity contribution is 5.90. The van der Waals surface area contributed by atoms with Gasteiger partial charge >= 0.3 is 0 Å². The van der Waals surface area contributed by atoms with E-state index in [1.807, 2.05) is 6.07 Å². The number of carbonyl (C=O) groups excluding carboxylic acids is 1. The first-order valence-corrected chi connectivity index (χ1v) is 5.73. The summed E-state index contributed by atoms with van der Waals surface area (Å²) < 4.78 is 0. The maximum Gasteiger partial charge on any atom is 0.267 e. The number of carbonyl (C=O) groups is 1. The summed E-state index contributed by atoms with van der Waals surface area (Å²) >= 11 is 0. The van der Waals surface area contributed by atoms with Crippen molar-refractivity contribution in [3.63, 3.8) is 0 Å². The van der Waals surface area contributed by atoms with E-state index in [0.717, 1.165) is 38.4 Å². The fourth-order valence-corrected chi connectivity index (χ4v) is 1.88. The Hall–Kier alpha value is -1.46. The smallest absolute Gasteiger partial charge is 0.267 e. The zero-order valence-electron chi connectivity index (χ0n) is 10.0. The standard InChI is InChI=1S/C12H17N4O/c1-15-5-7-16(8-6-15)9-10-3-2-4-11(14-10)12(13)17/h2-3H,5-9H2,1H3,(H2,13,17). The molecular formula is C12H17N4O. The molecule has 0 atom stereocenters. The van der Waals surface area contributed by atoms with Crippen LogP contribution in [0.4, 0.5) is 0 Å². The number of primary amides is 1. The molecule has 0 unspecified atom stereocenters. The Labute approximate surface area is 101 Å².